The molecule has 1 amide bonds. The number of nitrogens with one attached hydrogen (secondary N) is 1. The van der Waals surface area contributed by atoms with Crippen LogP contribution in [0.15, 0.2) is 42.9 Å². The topological polar surface area (TPSA) is 116 Å². The number of aliphatic hydroxyl groups excluding tert-OH is 1. The lowest BCUT2D eigenvalue weighted by Gasteiger charge is -2.33. The molecule has 0 saturated carbocycles. The van der Waals surface area contributed by atoms with E-state index in [1.807, 2.05) is 0 Å². The van der Waals surface area contributed by atoms with Crippen LogP contribution in [0.1, 0.15) is 16.1 Å². The van der Waals surface area contributed by atoms with Gasteiger partial charge in [-0.15, -0.1) is 0 Å². The third-order valence-electron chi connectivity index (χ3n) is 4.35. The number of hydrogen-bond donors (Lipinski definition) is 2. The highest BCUT2D eigenvalue weighted by Gasteiger charge is 2.51. The molecule has 1 fully saturated rings. The molecule has 1 aromatic rings. The van der Waals surface area contributed by atoms with Gasteiger partial charge in [-0.1, -0.05) is 18.7 Å². The molecule has 4 rings (SSSR count). The molecule has 3 aliphatic heterocycles. The van der Waals surface area contributed by atoms with E-state index in [-0.39, 0.29) is 23.9 Å². The normalized spacial score (nSPS) is 37.5. The summed E-state index contributed by atoms with van der Waals surface area (Å²) in [6.07, 6.45) is -3.65. The standard InChI is InChI=1S/C18H20FN2O8P/c1-11-20-15(23)6-7-21(11)17-13(22)8-18(19,28-17)10-27-30(24)26-9-12-4-3-5-14(25-2)16(12)29-30/h3-7,13,17,22H,1,8-10H2,2H3,(H,20,23)/t13-,17-,18+,30?/m1/s1/i10D2,17D. The van der Waals surface area contributed by atoms with Crippen LogP contribution in [0.4, 0.5) is 4.39 Å². The van der Waals surface area contributed by atoms with Gasteiger partial charge in [-0.2, -0.15) is 0 Å². The van der Waals surface area contributed by atoms with Crippen molar-refractivity contribution in [1.29, 1.82) is 0 Å². The molecule has 12 heteroatoms. The fourth-order valence-electron chi connectivity index (χ4n) is 2.96. The lowest BCUT2D eigenvalue weighted by atomic mass is 10.1. The Bertz CT molecular complexity index is 1080. The van der Waals surface area contributed by atoms with Crippen molar-refractivity contribution in [3.05, 3.63) is 48.4 Å². The zero-order valence-electron chi connectivity index (χ0n) is 18.7. The Balaban J connectivity index is 1.58. The second kappa shape index (κ2) is 7.68. The molecule has 1 saturated heterocycles. The van der Waals surface area contributed by atoms with E-state index >= 15 is 4.39 Å². The molecular formula is C18H20FN2O8P. The molecule has 30 heavy (non-hydrogen) atoms. The Kier molecular flexibility index (Phi) is 4.42. The van der Waals surface area contributed by atoms with Gasteiger partial charge in [-0.25, -0.2) is 8.96 Å². The van der Waals surface area contributed by atoms with Crippen LogP contribution in [0.25, 0.3) is 0 Å². The summed E-state index contributed by atoms with van der Waals surface area (Å²) in [4.78, 5) is 12.2. The van der Waals surface area contributed by atoms with E-state index in [1.165, 1.54) is 13.2 Å². The van der Waals surface area contributed by atoms with Crippen molar-refractivity contribution in [1.82, 2.24) is 10.2 Å². The minimum Gasteiger partial charge on any atom is -0.493 e. The Morgan fingerprint density at radius 3 is 3.13 bits per heavy atom. The Morgan fingerprint density at radius 2 is 2.40 bits per heavy atom. The van der Waals surface area contributed by atoms with Crippen molar-refractivity contribution >= 4 is 13.7 Å². The third-order valence-corrected chi connectivity index (χ3v) is 5.52. The zero-order valence-corrected chi connectivity index (χ0v) is 16.6. The summed E-state index contributed by atoms with van der Waals surface area (Å²) in [7, 11) is -3.40. The fraction of sp³-hybridized carbons (Fsp3) is 0.389. The number of phosphoric acid groups is 1. The predicted octanol–water partition coefficient (Wildman–Crippen LogP) is 1.92. The number of carbonyl (C=O) groups excluding carboxylic acids is 1. The number of nitrogens with zero attached hydrogens (tertiary/aromatic N) is 1. The summed E-state index contributed by atoms with van der Waals surface area (Å²) in [5.74, 6) is -4.11. The Labute approximate surface area is 175 Å². The molecule has 3 aliphatic rings. The number of amides is 1. The van der Waals surface area contributed by atoms with Crippen molar-refractivity contribution in [3.8, 4) is 11.5 Å². The quantitative estimate of drug-likeness (QED) is 0.656. The van der Waals surface area contributed by atoms with Crippen LogP contribution < -0.4 is 14.6 Å². The number of rotatable bonds is 5. The van der Waals surface area contributed by atoms with Gasteiger partial charge in [0.25, 0.3) is 5.91 Å². The van der Waals surface area contributed by atoms with Crippen molar-refractivity contribution in [3.63, 3.8) is 0 Å². The van der Waals surface area contributed by atoms with Gasteiger partial charge in [-0.3, -0.25) is 13.8 Å². The van der Waals surface area contributed by atoms with Crippen LogP contribution in [-0.2, 0) is 29.8 Å². The molecule has 1 aromatic carbocycles. The lowest BCUT2D eigenvalue weighted by Crippen LogP contribution is -2.45. The monoisotopic (exact) mass is 445 g/mol. The highest BCUT2D eigenvalue weighted by atomic mass is 31.2. The first-order chi connectivity index (χ1) is 15.3. The number of benzene rings is 1. The number of para-hydroxylation sites is 1. The first-order valence-corrected chi connectivity index (χ1v) is 10.1. The number of phosphoric ester groups is 1. The molecule has 0 aromatic heterocycles. The van der Waals surface area contributed by atoms with Gasteiger partial charge in [0.1, 0.15) is 18.5 Å². The summed E-state index contributed by atoms with van der Waals surface area (Å²) in [6, 6.07) is 4.72. The third kappa shape index (κ3) is 3.94. The lowest BCUT2D eigenvalue weighted by molar-refractivity contribution is -0.184. The molecule has 0 radical (unpaired) electrons. The van der Waals surface area contributed by atoms with E-state index in [9.17, 15) is 14.5 Å². The molecule has 4 atom stereocenters. The van der Waals surface area contributed by atoms with E-state index in [0.29, 0.717) is 5.56 Å². The van der Waals surface area contributed by atoms with Gasteiger partial charge in [0.05, 0.1) is 17.8 Å². The van der Waals surface area contributed by atoms with Gasteiger partial charge < -0.3 is 29.3 Å². The van der Waals surface area contributed by atoms with Crippen LogP contribution in [-0.4, -0.2) is 47.7 Å². The largest absolute Gasteiger partial charge is 0.530 e. The molecule has 1 unspecified atom stereocenters. The highest BCUT2D eigenvalue weighted by Crippen LogP contribution is 2.57. The Morgan fingerprint density at radius 1 is 1.60 bits per heavy atom. The van der Waals surface area contributed by atoms with Crippen LogP contribution in [0.2, 0.25) is 0 Å². The molecule has 0 spiro atoms. The maximum atomic E-state index is 15.7. The van der Waals surface area contributed by atoms with Gasteiger partial charge >= 0.3 is 7.82 Å². The van der Waals surface area contributed by atoms with Gasteiger partial charge in [0.15, 0.2) is 17.7 Å². The highest BCUT2D eigenvalue weighted by molar-refractivity contribution is 7.49. The van der Waals surface area contributed by atoms with Gasteiger partial charge in [-0.05, 0) is 6.07 Å². The van der Waals surface area contributed by atoms with E-state index in [0.717, 1.165) is 17.2 Å². The van der Waals surface area contributed by atoms with Crippen molar-refractivity contribution in [2.75, 3.05) is 13.7 Å². The zero-order chi connectivity index (χ0) is 24.2. The summed E-state index contributed by atoms with van der Waals surface area (Å²) in [5.41, 5.74) is 0.440. The van der Waals surface area contributed by atoms with Crippen molar-refractivity contribution in [2.45, 2.75) is 31.2 Å². The molecule has 162 valence electrons. The molecule has 0 bridgehead atoms. The number of hydrogen-bond acceptors (Lipinski definition) is 9. The van der Waals surface area contributed by atoms with Crippen LogP contribution in [0.3, 0.4) is 0 Å². The number of aliphatic hydroxyl groups is 1. The van der Waals surface area contributed by atoms with Gasteiger partial charge in [0, 0.05) is 24.3 Å². The Hall–Kier alpha value is -2.43. The van der Waals surface area contributed by atoms with Crippen molar-refractivity contribution in [2.24, 2.45) is 0 Å². The number of ether oxygens (including phenoxy) is 2. The van der Waals surface area contributed by atoms with Crippen LogP contribution in [0, 0.1) is 0 Å². The van der Waals surface area contributed by atoms with Crippen LogP contribution >= 0.6 is 7.82 Å². The van der Waals surface area contributed by atoms with Gasteiger partial charge in [0.2, 0.25) is 5.85 Å². The minimum absolute atomic E-state index is 0.0222. The smallest absolute Gasteiger partial charge is 0.493 e. The van der Waals surface area contributed by atoms with E-state index in [1.54, 1.807) is 12.1 Å². The minimum atomic E-state index is -4.74. The molecule has 10 nitrogen and oxygen atoms in total. The molecule has 0 aliphatic carbocycles. The number of carbonyl (C=O) groups is 1. The van der Waals surface area contributed by atoms with E-state index in [4.69, 9.17) is 27.2 Å². The molecular weight excluding hydrogens is 422 g/mol. The molecule has 3 heterocycles. The number of alkyl halides is 1. The van der Waals surface area contributed by atoms with E-state index in [2.05, 4.69) is 11.9 Å². The number of halogens is 1. The summed E-state index contributed by atoms with van der Waals surface area (Å²) in [5, 5.41) is 12.7. The fourth-order valence-corrected chi connectivity index (χ4v) is 4.08. The summed E-state index contributed by atoms with van der Waals surface area (Å²) >= 11 is 0. The van der Waals surface area contributed by atoms with E-state index < -0.39 is 44.9 Å². The first-order valence-electron chi connectivity index (χ1n) is 10.2. The second-order valence-electron chi connectivity index (χ2n) is 6.46. The first kappa shape index (κ1) is 17.3. The van der Waals surface area contributed by atoms with Crippen LogP contribution in [0.5, 0.6) is 11.5 Å². The van der Waals surface area contributed by atoms with Crippen molar-refractivity contribution < 1.29 is 46.0 Å². The molecule has 2 N–H and O–H groups in total. The predicted molar refractivity (Wildman–Crippen MR) is 99.6 cm³/mol. The summed E-state index contributed by atoms with van der Waals surface area (Å²) < 4.78 is 78.6. The maximum absolute atomic E-state index is 15.7. The average Bonchev–Trinajstić information content (AvgIpc) is 2.97. The average molecular weight is 445 g/mol. The maximum Gasteiger partial charge on any atom is 0.530 e. The second-order valence-corrected chi connectivity index (χ2v) is 7.98. The number of fused-ring (bicyclic) bond motifs is 1. The SMILES string of the molecule is [2H]C([2H])(OP1(=O)OCc2cccc(OC)c2O1)[C@]1(F)C[C@@H](O)[C@]([2H])(N2C=CC(=O)NC2=C)O1. The summed E-state index contributed by atoms with van der Waals surface area (Å²) in [6.45, 7) is -0.310. The number of methoxy groups -OCH3 is 1.